The van der Waals surface area contributed by atoms with Gasteiger partial charge in [-0.25, -0.2) is 0 Å². The van der Waals surface area contributed by atoms with Crippen LogP contribution < -0.4 is 5.32 Å². The Morgan fingerprint density at radius 3 is 2.39 bits per heavy atom. The van der Waals surface area contributed by atoms with Gasteiger partial charge in [0.2, 0.25) is 11.8 Å². The molecule has 1 aliphatic heterocycles. The van der Waals surface area contributed by atoms with Gasteiger partial charge in [0.15, 0.2) is 0 Å². The van der Waals surface area contributed by atoms with Crippen molar-refractivity contribution in [3.63, 3.8) is 0 Å². The average molecular weight is 444 g/mol. The van der Waals surface area contributed by atoms with Gasteiger partial charge in [0.1, 0.15) is 0 Å². The SMILES string of the molecule is CN(CC(=O)N1CCC(C(=O)Nc2ccccc2)CC1)Cc1ccccc1Br. The third-order valence-corrected chi connectivity index (χ3v) is 5.84. The predicted octanol–water partition coefficient (Wildman–Crippen LogP) is 3.76. The van der Waals surface area contributed by atoms with Crippen LogP contribution in [0.2, 0.25) is 0 Å². The molecular formula is C22H26BrN3O2. The van der Waals surface area contributed by atoms with E-state index in [0.29, 0.717) is 39.0 Å². The number of hydrogen-bond donors (Lipinski definition) is 1. The summed E-state index contributed by atoms with van der Waals surface area (Å²) in [5, 5.41) is 2.97. The van der Waals surface area contributed by atoms with Crippen molar-refractivity contribution in [2.45, 2.75) is 19.4 Å². The van der Waals surface area contributed by atoms with Gasteiger partial charge in [-0.3, -0.25) is 14.5 Å². The molecule has 2 aromatic rings. The number of hydrogen-bond acceptors (Lipinski definition) is 3. The number of nitrogens with zero attached hydrogens (tertiary/aromatic N) is 2. The zero-order chi connectivity index (χ0) is 19.9. The zero-order valence-corrected chi connectivity index (χ0v) is 17.7. The van der Waals surface area contributed by atoms with Crippen LogP contribution in [-0.2, 0) is 16.1 Å². The summed E-state index contributed by atoms with van der Waals surface area (Å²) in [6.45, 7) is 2.36. The maximum Gasteiger partial charge on any atom is 0.236 e. The Hall–Kier alpha value is -2.18. The van der Waals surface area contributed by atoms with Crippen molar-refractivity contribution in [3.8, 4) is 0 Å². The summed E-state index contributed by atoms with van der Waals surface area (Å²) >= 11 is 3.55. The maximum atomic E-state index is 12.6. The molecule has 0 aromatic heterocycles. The number of para-hydroxylation sites is 1. The van der Waals surface area contributed by atoms with Gasteiger partial charge in [-0.05, 0) is 43.7 Å². The molecule has 3 rings (SSSR count). The van der Waals surface area contributed by atoms with E-state index in [-0.39, 0.29) is 17.7 Å². The quantitative estimate of drug-likeness (QED) is 0.739. The van der Waals surface area contributed by atoms with Gasteiger partial charge in [-0.2, -0.15) is 0 Å². The highest BCUT2D eigenvalue weighted by Crippen LogP contribution is 2.20. The fourth-order valence-electron chi connectivity index (χ4n) is 3.46. The van der Waals surface area contributed by atoms with E-state index in [9.17, 15) is 9.59 Å². The van der Waals surface area contributed by atoms with Gasteiger partial charge in [-0.15, -0.1) is 0 Å². The lowest BCUT2D eigenvalue weighted by atomic mass is 9.95. The second-order valence-electron chi connectivity index (χ2n) is 7.27. The van der Waals surface area contributed by atoms with Crippen LogP contribution in [0.5, 0.6) is 0 Å². The van der Waals surface area contributed by atoms with Crippen LogP contribution in [-0.4, -0.2) is 48.3 Å². The molecule has 1 N–H and O–H groups in total. The predicted molar refractivity (Wildman–Crippen MR) is 115 cm³/mol. The molecule has 0 aliphatic carbocycles. The van der Waals surface area contributed by atoms with Gasteiger partial charge in [-0.1, -0.05) is 52.3 Å². The molecule has 1 aliphatic rings. The number of piperidine rings is 1. The van der Waals surface area contributed by atoms with Crippen LogP contribution in [0.1, 0.15) is 18.4 Å². The number of halogens is 1. The number of likely N-dealkylation sites (N-methyl/N-ethyl adjacent to an activating group) is 1. The molecule has 2 aromatic carbocycles. The third kappa shape index (κ3) is 5.66. The highest BCUT2D eigenvalue weighted by atomic mass is 79.9. The highest BCUT2D eigenvalue weighted by molar-refractivity contribution is 9.10. The van der Waals surface area contributed by atoms with Crippen LogP contribution >= 0.6 is 15.9 Å². The minimum Gasteiger partial charge on any atom is -0.342 e. The van der Waals surface area contributed by atoms with E-state index < -0.39 is 0 Å². The summed E-state index contributed by atoms with van der Waals surface area (Å²) in [7, 11) is 1.96. The van der Waals surface area contributed by atoms with Crippen LogP contribution in [0.4, 0.5) is 5.69 Å². The second-order valence-corrected chi connectivity index (χ2v) is 8.13. The van der Waals surface area contributed by atoms with E-state index in [0.717, 1.165) is 15.7 Å². The topological polar surface area (TPSA) is 52.7 Å². The van der Waals surface area contributed by atoms with Crippen molar-refractivity contribution < 1.29 is 9.59 Å². The number of likely N-dealkylation sites (tertiary alicyclic amines) is 1. The van der Waals surface area contributed by atoms with E-state index in [1.165, 1.54) is 0 Å². The summed E-state index contributed by atoms with van der Waals surface area (Å²) in [6, 6.07) is 17.6. The van der Waals surface area contributed by atoms with Crippen molar-refractivity contribution in [2.75, 3.05) is 32.0 Å². The lowest BCUT2D eigenvalue weighted by Crippen LogP contribution is -2.45. The molecule has 1 heterocycles. The molecule has 0 saturated carbocycles. The summed E-state index contributed by atoms with van der Waals surface area (Å²) in [5.41, 5.74) is 1.98. The van der Waals surface area contributed by atoms with Crippen molar-refractivity contribution in [3.05, 3.63) is 64.6 Å². The Bertz CT molecular complexity index is 804. The van der Waals surface area contributed by atoms with Crippen LogP contribution in [0.3, 0.4) is 0 Å². The first-order valence-corrected chi connectivity index (χ1v) is 10.4. The summed E-state index contributed by atoms with van der Waals surface area (Å²) in [4.78, 5) is 29.0. The number of carbonyl (C=O) groups is 2. The Labute approximate surface area is 174 Å². The average Bonchev–Trinajstić information content (AvgIpc) is 2.70. The second kappa shape index (κ2) is 9.85. The molecule has 0 unspecified atom stereocenters. The molecule has 6 heteroatoms. The van der Waals surface area contributed by atoms with Gasteiger partial charge >= 0.3 is 0 Å². The number of amides is 2. The van der Waals surface area contributed by atoms with E-state index >= 15 is 0 Å². The minimum absolute atomic E-state index is 0.0396. The molecular weight excluding hydrogens is 418 g/mol. The molecule has 28 heavy (non-hydrogen) atoms. The van der Waals surface area contributed by atoms with Gasteiger partial charge < -0.3 is 10.2 Å². The van der Waals surface area contributed by atoms with Crippen molar-refractivity contribution in [1.82, 2.24) is 9.80 Å². The molecule has 1 saturated heterocycles. The van der Waals surface area contributed by atoms with Gasteiger partial charge in [0.05, 0.1) is 6.54 Å². The van der Waals surface area contributed by atoms with Crippen LogP contribution in [0.25, 0.3) is 0 Å². The molecule has 0 radical (unpaired) electrons. The smallest absolute Gasteiger partial charge is 0.236 e. The molecule has 0 atom stereocenters. The summed E-state index contributed by atoms with van der Waals surface area (Å²) < 4.78 is 1.06. The van der Waals surface area contributed by atoms with E-state index in [1.807, 2.05) is 65.4 Å². The van der Waals surface area contributed by atoms with E-state index in [2.05, 4.69) is 27.3 Å². The number of nitrogens with one attached hydrogen (secondary N) is 1. The molecule has 0 spiro atoms. The van der Waals surface area contributed by atoms with Gasteiger partial charge in [0, 0.05) is 35.7 Å². The monoisotopic (exact) mass is 443 g/mol. The maximum absolute atomic E-state index is 12.6. The standard InChI is InChI=1S/C22H26BrN3O2/c1-25(15-18-7-5-6-10-20(18)23)16-21(27)26-13-11-17(12-14-26)22(28)24-19-8-3-2-4-9-19/h2-10,17H,11-16H2,1H3,(H,24,28). The summed E-state index contributed by atoms with van der Waals surface area (Å²) in [5.74, 6) is 0.128. The largest absolute Gasteiger partial charge is 0.342 e. The zero-order valence-electron chi connectivity index (χ0n) is 16.1. The van der Waals surface area contributed by atoms with Gasteiger partial charge in [0.25, 0.3) is 0 Å². The summed E-state index contributed by atoms with van der Waals surface area (Å²) in [6.07, 6.45) is 1.41. The first-order chi connectivity index (χ1) is 13.5. The lowest BCUT2D eigenvalue weighted by Gasteiger charge is -2.32. The minimum atomic E-state index is -0.0396. The Morgan fingerprint density at radius 1 is 1.07 bits per heavy atom. The fourth-order valence-corrected chi connectivity index (χ4v) is 3.87. The third-order valence-electron chi connectivity index (χ3n) is 5.06. The molecule has 2 amide bonds. The lowest BCUT2D eigenvalue weighted by molar-refractivity contribution is -0.135. The Balaban J connectivity index is 1.44. The Kier molecular flexibility index (Phi) is 7.23. The van der Waals surface area contributed by atoms with E-state index in [1.54, 1.807) is 0 Å². The van der Waals surface area contributed by atoms with Crippen molar-refractivity contribution >= 4 is 33.4 Å². The molecule has 1 fully saturated rings. The number of anilines is 1. The first kappa shape index (κ1) is 20.6. The highest BCUT2D eigenvalue weighted by Gasteiger charge is 2.27. The number of rotatable bonds is 6. The van der Waals surface area contributed by atoms with Crippen molar-refractivity contribution in [2.24, 2.45) is 5.92 Å². The molecule has 5 nitrogen and oxygen atoms in total. The normalized spacial score (nSPS) is 14.9. The first-order valence-electron chi connectivity index (χ1n) is 9.58. The fraction of sp³-hybridized carbons (Fsp3) is 0.364. The number of carbonyl (C=O) groups excluding carboxylic acids is 2. The van der Waals surface area contributed by atoms with E-state index in [4.69, 9.17) is 0 Å². The van der Waals surface area contributed by atoms with Crippen LogP contribution in [0, 0.1) is 5.92 Å². The van der Waals surface area contributed by atoms with Crippen molar-refractivity contribution in [1.29, 1.82) is 0 Å². The molecule has 148 valence electrons. The number of benzene rings is 2. The van der Waals surface area contributed by atoms with Crippen LogP contribution in [0.15, 0.2) is 59.1 Å². The molecule has 0 bridgehead atoms. The Morgan fingerprint density at radius 2 is 1.71 bits per heavy atom.